The van der Waals surface area contributed by atoms with E-state index in [9.17, 15) is 9.59 Å². The van der Waals surface area contributed by atoms with Crippen molar-refractivity contribution < 1.29 is 17.7 Å². The molecule has 2 fully saturated rings. The van der Waals surface area contributed by atoms with Crippen LogP contribution in [0.15, 0.2) is 21.9 Å². The highest BCUT2D eigenvalue weighted by molar-refractivity contribution is 6.83. The quantitative estimate of drug-likeness (QED) is 0.616. The molecular formula is C21H39N3O6Si2. The summed E-state index contributed by atoms with van der Waals surface area (Å²) in [6.07, 6.45) is -0.275. The Labute approximate surface area is 192 Å². The molecule has 1 aromatic heterocycles. The summed E-state index contributed by atoms with van der Waals surface area (Å²) in [4.78, 5) is 26.2. The number of aromatic nitrogens is 2. The van der Waals surface area contributed by atoms with Gasteiger partial charge >= 0.3 is 22.8 Å². The lowest BCUT2D eigenvalue weighted by atomic mass is 10.1. The van der Waals surface area contributed by atoms with Gasteiger partial charge in [0.25, 0.3) is 5.56 Å². The lowest BCUT2D eigenvalue weighted by molar-refractivity contribution is -0.0568. The molecule has 11 heteroatoms. The maximum Gasteiger partial charge on any atom is 0.335 e. The highest BCUT2D eigenvalue weighted by Crippen LogP contribution is 2.47. The van der Waals surface area contributed by atoms with Gasteiger partial charge in [-0.3, -0.25) is 14.3 Å². The minimum Gasteiger partial charge on any atom is -0.414 e. The first-order valence-corrected chi connectivity index (χ1v) is 15.5. The van der Waals surface area contributed by atoms with Crippen LogP contribution in [0, 0.1) is 0 Å². The second-order valence-electron chi connectivity index (χ2n) is 10.2. The Kier molecular flexibility index (Phi) is 7.40. The van der Waals surface area contributed by atoms with E-state index in [1.807, 2.05) is 0 Å². The van der Waals surface area contributed by atoms with Gasteiger partial charge in [-0.2, -0.15) is 0 Å². The number of ether oxygens (including phenoxy) is 1. The summed E-state index contributed by atoms with van der Waals surface area (Å²) in [5, 5.41) is 0. The molecule has 3 N–H and O–H groups in total. The monoisotopic (exact) mass is 485 g/mol. The fraction of sp³-hybridized carbons (Fsp3) is 0.810. The molecule has 0 amide bonds. The second kappa shape index (κ2) is 9.28. The van der Waals surface area contributed by atoms with Crippen LogP contribution in [-0.4, -0.2) is 51.5 Å². The first-order valence-electron chi connectivity index (χ1n) is 11.6. The van der Waals surface area contributed by atoms with Crippen molar-refractivity contribution in [2.45, 2.75) is 102 Å². The lowest BCUT2D eigenvalue weighted by Crippen LogP contribution is -2.66. The third kappa shape index (κ3) is 4.24. The van der Waals surface area contributed by atoms with E-state index >= 15 is 0 Å². The average Bonchev–Trinajstić information content (AvgIpc) is 2.96. The molecule has 0 aliphatic carbocycles. The highest BCUT2D eigenvalue weighted by atomic mass is 28.5. The van der Waals surface area contributed by atoms with Gasteiger partial charge in [0.05, 0.1) is 18.8 Å². The zero-order valence-electron chi connectivity index (χ0n) is 20.5. The van der Waals surface area contributed by atoms with Gasteiger partial charge in [-0.05, 0) is 22.2 Å². The maximum absolute atomic E-state index is 12.4. The van der Waals surface area contributed by atoms with E-state index in [0.29, 0.717) is 0 Å². The van der Waals surface area contributed by atoms with Crippen LogP contribution < -0.4 is 17.0 Å². The summed E-state index contributed by atoms with van der Waals surface area (Å²) in [6, 6.07) is 0.669. The van der Waals surface area contributed by atoms with E-state index in [2.05, 4.69) is 60.4 Å². The molecule has 3 rings (SSSR count). The van der Waals surface area contributed by atoms with Gasteiger partial charge in [-0.25, -0.2) is 4.79 Å². The van der Waals surface area contributed by atoms with E-state index < -0.39 is 52.8 Å². The van der Waals surface area contributed by atoms with Crippen LogP contribution in [0.1, 0.15) is 61.6 Å². The normalized spacial score (nSPS) is 30.0. The molecule has 2 aliphatic rings. The number of nitrogens with zero attached hydrogens (tertiary/aromatic N) is 1. The van der Waals surface area contributed by atoms with Gasteiger partial charge in [0.15, 0.2) is 6.23 Å². The Balaban J connectivity index is 2.08. The van der Waals surface area contributed by atoms with Crippen LogP contribution in [0.25, 0.3) is 0 Å². The standard InChI is InChI=1S/C21H39N3O6Si2/c1-12(2)31(13(3)4)27-11-16-19(29-32(30-31,14(5)6)15(7)8)18(22)20(28-16)24-10-9-17(25)23-21(24)26/h9-10,12-16,18-20H,11,22H2,1-8H3,(H,23,25,26)/t16-,18+,19-,20-/m1/s1. The Hall–Kier alpha value is -1.09. The summed E-state index contributed by atoms with van der Waals surface area (Å²) in [7, 11) is -5.51. The van der Waals surface area contributed by atoms with E-state index in [4.69, 9.17) is 23.4 Å². The summed E-state index contributed by atoms with van der Waals surface area (Å²) < 4.78 is 28.4. The fourth-order valence-electron chi connectivity index (χ4n) is 5.06. The molecule has 4 atom stereocenters. The van der Waals surface area contributed by atoms with E-state index in [-0.39, 0.29) is 28.8 Å². The molecule has 1 aromatic rings. The largest absolute Gasteiger partial charge is 0.414 e. The minimum atomic E-state index is -2.83. The molecule has 0 radical (unpaired) electrons. The number of nitrogens with two attached hydrogens (primary N) is 1. The summed E-state index contributed by atoms with van der Waals surface area (Å²) in [5.41, 5.74) is 6.37. The third-order valence-electron chi connectivity index (χ3n) is 6.85. The molecule has 182 valence electrons. The number of H-pyrrole nitrogens is 1. The van der Waals surface area contributed by atoms with Gasteiger partial charge in [0, 0.05) is 12.3 Å². The molecule has 0 unspecified atom stereocenters. The Morgan fingerprint density at radius 1 is 1.00 bits per heavy atom. The van der Waals surface area contributed by atoms with Crippen LogP contribution in [0.3, 0.4) is 0 Å². The van der Waals surface area contributed by atoms with Gasteiger partial charge in [-0.15, -0.1) is 0 Å². The summed E-state index contributed by atoms with van der Waals surface area (Å²) >= 11 is 0. The minimum absolute atomic E-state index is 0.163. The topological polar surface area (TPSA) is 118 Å². The smallest absolute Gasteiger partial charge is 0.335 e. The number of hydrogen-bond donors (Lipinski definition) is 2. The van der Waals surface area contributed by atoms with Crippen molar-refractivity contribution in [3.8, 4) is 0 Å². The van der Waals surface area contributed by atoms with Crippen molar-refractivity contribution in [1.82, 2.24) is 9.55 Å². The van der Waals surface area contributed by atoms with E-state index in [0.717, 1.165) is 0 Å². The molecule has 2 aliphatic heterocycles. The Bertz CT molecular complexity index is 899. The van der Waals surface area contributed by atoms with Gasteiger partial charge in [-0.1, -0.05) is 55.4 Å². The highest BCUT2D eigenvalue weighted by Gasteiger charge is 2.61. The lowest BCUT2D eigenvalue weighted by Gasteiger charge is -2.51. The van der Waals surface area contributed by atoms with Crippen molar-refractivity contribution in [2.75, 3.05) is 6.61 Å². The van der Waals surface area contributed by atoms with Crippen molar-refractivity contribution in [2.24, 2.45) is 5.73 Å². The van der Waals surface area contributed by atoms with Gasteiger partial charge in [0.1, 0.15) is 6.10 Å². The van der Waals surface area contributed by atoms with Crippen LogP contribution in [0.2, 0.25) is 22.2 Å². The van der Waals surface area contributed by atoms with Gasteiger partial charge in [0.2, 0.25) is 0 Å². The van der Waals surface area contributed by atoms with Crippen LogP contribution in [0.4, 0.5) is 0 Å². The predicted octanol–water partition coefficient (Wildman–Crippen LogP) is 2.72. The first-order chi connectivity index (χ1) is 14.9. The number of nitrogens with one attached hydrogen (secondary N) is 1. The zero-order chi connectivity index (χ0) is 24.0. The van der Waals surface area contributed by atoms with E-state index in [1.165, 1.54) is 16.8 Å². The molecule has 9 nitrogen and oxygen atoms in total. The molecule has 0 aromatic carbocycles. The van der Waals surface area contributed by atoms with Crippen LogP contribution >= 0.6 is 0 Å². The van der Waals surface area contributed by atoms with Crippen LogP contribution in [-0.2, 0) is 17.7 Å². The molecule has 0 spiro atoms. The molecule has 2 saturated heterocycles. The number of aromatic amines is 1. The summed E-state index contributed by atoms with van der Waals surface area (Å²) in [6.45, 7) is 17.5. The number of hydrogen-bond acceptors (Lipinski definition) is 7. The van der Waals surface area contributed by atoms with Crippen molar-refractivity contribution >= 4 is 17.1 Å². The Morgan fingerprint density at radius 3 is 2.06 bits per heavy atom. The average molecular weight is 486 g/mol. The summed E-state index contributed by atoms with van der Waals surface area (Å²) in [5.74, 6) is 0. The van der Waals surface area contributed by atoms with E-state index in [1.54, 1.807) is 0 Å². The van der Waals surface area contributed by atoms with Crippen LogP contribution in [0.5, 0.6) is 0 Å². The first kappa shape index (κ1) is 25.5. The molecule has 32 heavy (non-hydrogen) atoms. The molecular weight excluding hydrogens is 446 g/mol. The maximum atomic E-state index is 12.4. The molecule has 0 bridgehead atoms. The number of rotatable bonds is 5. The van der Waals surface area contributed by atoms with Crippen molar-refractivity contribution in [3.05, 3.63) is 33.1 Å². The second-order valence-corrected chi connectivity index (χ2v) is 19.1. The van der Waals surface area contributed by atoms with Crippen molar-refractivity contribution in [1.29, 1.82) is 0 Å². The van der Waals surface area contributed by atoms with Crippen molar-refractivity contribution in [3.63, 3.8) is 0 Å². The molecule has 3 heterocycles. The zero-order valence-corrected chi connectivity index (χ0v) is 22.5. The fourth-order valence-corrected chi connectivity index (χ4v) is 16.3. The van der Waals surface area contributed by atoms with Gasteiger partial charge < -0.3 is 23.4 Å². The number of fused-ring (bicyclic) bond motifs is 1. The predicted molar refractivity (Wildman–Crippen MR) is 127 cm³/mol. The molecule has 0 saturated carbocycles. The Morgan fingerprint density at radius 2 is 1.56 bits per heavy atom. The third-order valence-corrected chi connectivity index (χ3v) is 17.1. The SMILES string of the molecule is CC(C)[Si]1(C(C)C)OC[C@H]2O[C@@H](n3ccc(=O)[nH]c3=O)[C@@H](N)[C@@H]2O[Si](C(C)C)(C(C)C)O1.